The molecule has 1 aromatic carbocycles. The number of nitrogens with two attached hydrogens (primary N) is 1. The van der Waals surface area contributed by atoms with Crippen LogP contribution in [-0.2, 0) is 0 Å². The summed E-state index contributed by atoms with van der Waals surface area (Å²) in [6.07, 6.45) is -0.849. The number of benzene rings is 1. The van der Waals surface area contributed by atoms with Crippen molar-refractivity contribution >= 4 is 5.84 Å². The van der Waals surface area contributed by atoms with Gasteiger partial charge in [0.15, 0.2) is 6.23 Å². The minimum absolute atomic E-state index is 0.386. The highest BCUT2D eigenvalue weighted by molar-refractivity contribution is 5.77. The molecule has 0 aliphatic carbocycles. The predicted octanol–water partition coefficient (Wildman–Crippen LogP) is 1.67. The van der Waals surface area contributed by atoms with Gasteiger partial charge in [-0.05, 0) is 20.8 Å². The molecular weight excluding hydrogens is 176 g/mol. The summed E-state index contributed by atoms with van der Waals surface area (Å²) in [6.45, 7) is 5.64. The monoisotopic (exact) mass is 192 g/mol. The van der Waals surface area contributed by atoms with Gasteiger partial charge in [-0.25, -0.2) is 4.99 Å². The first kappa shape index (κ1) is 10.7. The summed E-state index contributed by atoms with van der Waals surface area (Å²) in [5.74, 6) is 0.386. The van der Waals surface area contributed by atoms with Gasteiger partial charge < -0.3 is 10.8 Å². The fourth-order valence-corrected chi connectivity index (χ4v) is 1.43. The molecule has 0 saturated carbocycles. The fraction of sp³-hybridized carbons (Fsp3) is 0.364. The van der Waals surface area contributed by atoms with Gasteiger partial charge in [-0.15, -0.1) is 0 Å². The minimum atomic E-state index is -0.849. The Morgan fingerprint density at radius 2 is 1.79 bits per heavy atom. The van der Waals surface area contributed by atoms with Crippen LogP contribution in [0.1, 0.15) is 29.8 Å². The lowest BCUT2D eigenvalue weighted by Gasteiger charge is -2.08. The van der Waals surface area contributed by atoms with E-state index in [1.165, 1.54) is 0 Å². The number of aliphatic hydroxyl groups is 1. The third-order valence-electron chi connectivity index (χ3n) is 1.87. The summed E-state index contributed by atoms with van der Waals surface area (Å²) in [6, 6.07) is 5.86. The summed E-state index contributed by atoms with van der Waals surface area (Å²) in [7, 11) is 0. The molecule has 0 fully saturated rings. The zero-order valence-corrected chi connectivity index (χ0v) is 8.78. The van der Waals surface area contributed by atoms with Crippen molar-refractivity contribution in [2.75, 3.05) is 0 Å². The number of amidine groups is 1. The number of aliphatic imine (C=N–C) groups is 1. The number of hydrogen-bond donors (Lipinski definition) is 2. The van der Waals surface area contributed by atoms with Gasteiger partial charge in [-0.2, -0.15) is 0 Å². The van der Waals surface area contributed by atoms with Crippen molar-refractivity contribution in [1.82, 2.24) is 0 Å². The van der Waals surface area contributed by atoms with E-state index in [-0.39, 0.29) is 0 Å². The largest absolute Gasteiger partial charge is 0.388 e. The minimum Gasteiger partial charge on any atom is -0.388 e. The normalized spacial score (nSPS) is 14.1. The lowest BCUT2D eigenvalue weighted by atomic mass is 10.1. The molecule has 76 valence electrons. The van der Waals surface area contributed by atoms with Crippen molar-refractivity contribution in [1.29, 1.82) is 0 Å². The van der Waals surface area contributed by atoms with Crippen molar-refractivity contribution in [3.63, 3.8) is 0 Å². The molecule has 0 aliphatic rings. The first-order valence-electron chi connectivity index (χ1n) is 4.55. The summed E-state index contributed by atoms with van der Waals surface area (Å²) in [5.41, 5.74) is 8.41. The van der Waals surface area contributed by atoms with Gasteiger partial charge in [0, 0.05) is 5.56 Å². The molecule has 3 N–H and O–H groups in total. The van der Waals surface area contributed by atoms with Crippen LogP contribution in [-0.4, -0.2) is 10.9 Å². The second-order valence-electron chi connectivity index (χ2n) is 3.57. The van der Waals surface area contributed by atoms with Crippen LogP contribution in [0, 0.1) is 13.8 Å². The molecule has 0 saturated heterocycles. The molecule has 1 unspecified atom stereocenters. The molecule has 0 radical (unpaired) electrons. The highest BCUT2D eigenvalue weighted by Crippen LogP contribution is 2.17. The molecule has 14 heavy (non-hydrogen) atoms. The van der Waals surface area contributed by atoms with Crippen molar-refractivity contribution in [2.24, 2.45) is 10.7 Å². The molecule has 3 heteroatoms. The molecule has 0 aliphatic heterocycles. The molecule has 0 heterocycles. The van der Waals surface area contributed by atoms with Gasteiger partial charge in [-0.3, -0.25) is 0 Å². The second kappa shape index (κ2) is 4.24. The topological polar surface area (TPSA) is 58.6 Å². The van der Waals surface area contributed by atoms with Crippen LogP contribution >= 0.6 is 0 Å². The molecule has 1 aromatic rings. The molecule has 0 bridgehead atoms. The van der Waals surface area contributed by atoms with Crippen molar-refractivity contribution in [2.45, 2.75) is 27.0 Å². The Hall–Kier alpha value is -1.35. The third-order valence-corrected chi connectivity index (χ3v) is 1.87. The first-order chi connectivity index (χ1) is 6.49. The number of aryl methyl sites for hydroxylation is 2. The number of hydrogen-bond acceptors (Lipinski definition) is 2. The highest BCUT2D eigenvalue weighted by atomic mass is 16.3. The standard InChI is InChI=1S/C11H16N2O/c1-7-4-8(2)6-10(5-7)11(14)13-9(3)12/h4-6,11,14H,1-3H3,(H2,12,13). The summed E-state index contributed by atoms with van der Waals surface area (Å²) >= 11 is 0. The Labute approximate surface area is 84.3 Å². The zero-order valence-electron chi connectivity index (χ0n) is 8.78. The average molecular weight is 192 g/mol. The third kappa shape index (κ3) is 2.85. The van der Waals surface area contributed by atoms with Crippen LogP contribution in [0.4, 0.5) is 0 Å². The van der Waals surface area contributed by atoms with Crippen LogP contribution in [0.25, 0.3) is 0 Å². The molecule has 3 nitrogen and oxygen atoms in total. The van der Waals surface area contributed by atoms with E-state index >= 15 is 0 Å². The molecule has 0 spiro atoms. The first-order valence-corrected chi connectivity index (χ1v) is 4.55. The molecule has 0 aromatic heterocycles. The maximum absolute atomic E-state index is 9.67. The smallest absolute Gasteiger partial charge is 0.173 e. The summed E-state index contributed by atoms with van der Waals surface area (Å²) < 4.78 is 0. The maximum atomic E-state index is 9.67. The van der Waals surface area contributed by atoms with Gasteiger partial charge in [0.25, 0.3) is 0 Å². The molecule has 0 amide bonds. The molecular formula is C11H16N2O. The van der Waals surface area contributed by atoms with Crippen LogP contribution in [0.15, 0.2) is 23.2 Å². The van der Waals surface area contributed by atoms with Crippen LogP contribution in [0.2, 0.25) is 0 Å². The number of rotatable bonds is 2. The second-order valence-corrected chi connectivity index (χ2v) is 3.57. The maximum Gasteiger partial charge on any atom is 0.173 e. The van der Waals surface area contributed by atoms with Crippen molar-refractivity contribution in [3.8, 4) is 0 Å². The van der Waals surface area contributed by atoms with Crippen molar-refractivity contribution in [3.05, 3.63) is 34.9 Å². The van der Waals surface area contributed by atoms with Crippen LogP contribution < -0.4 is 5.73 Å². The average Bonchev–Trinajstić information content (AvgIpc) is 2.00. The van der Waals surface area contributed by atoms with Crippen LogP contribution in [0.3, 0.4) is 0 Å². The van der Waals surface area contributed by atoms with Crippen LogP contribution in [0.5, 0.6) is 0 Å². The van der Waals surface area contributed by atoms with E-state index < -0.39 is 6.23 Å². The molecule has 1 atom stereocenters. The van der Waals surface area contributed by atoms with Gasteiger partial charge in [0.2, 0.25) is 0 Å². The zero-order chi connectivity index (χ0) is 10.7. The Bertz CT molecular complexity index is 334. The SMILES string of the molecule is CC(N)=NC(O)c1cc(C)cc(C)c1. The quantitative estimate of drug-likeness (QED) is 0.553. The summed E-state index contributed by atoms with van der Waals surface area (Å²) in [4.78, 5) is 3.88. The number of aliphatic hydroxyl groups excluding tert-OH is 1. The Morgan fingerprint density at radius 1 is 1.29 bits per heavy atom. The van der Waals surface area contributed by atoms with Gasteiger partial charge in [0.1, 0.15) is 0 Å². The van der Waals surface area contributed by atoms with Crippen molar-refractivity contribution < 1.29 is 5.11 Å². The van der Waals surface area contributed by atoms with E-state index in [9.17, 15) is 5.11 Å². The van der Waals surface area contributed by atoms with E-state index in [0.29, 0.717) is 5.84 Å². The van der Waals surface area contributed by atoms with E-state index in [4.69, 9.17) is 5.73 Å². The fourth-order valence-electron chi connectivity index (χ4n) is 1.43. The highest BCUT2D eigenvalue weighted by Gasteiger charge is 2.05. The predicted molar refractivity (Wildman–Crippen MR) is 58.2 cm³/mol. The van der Waals surface area contributed by atoms with E-state index in [0.717, 1.165) is 16.7 Å². The van der Waals surface area contributed by atoms with E-state index in [2.05, 4.69) is 11.1 Å². The Morgan fingerprint density at radius 3 is 2.21 bits per heavy atom. The summed E-state index contributed by atoms with van der Waals surface area (Å²) in [5, 5.41) is 9.67. The van der Waals surface area contributed by atoms with E-state index in [1.54, 1.807) is 6.92 Å². The van der Waals surface area contributed by atoms with E-state index in [1.807, 2.05) is 26.0 Å². The van der Waals surface area contributed by atoms with Gasteiger partial charge in [-0.1, -0.05) is 29.3 Å². The van der Waals surface area contributed by atoms with Gasteiger partial charge >= 0.3 is 0 Å². The lowest BCUT2D eigenvalue weighted by Crippen LogP contribution is -2.08. The Kier molecular flexibility index (Phi) is 3.25. The lowest BCUT2D eigenvalue weighted by molar-refractivity contribution is 0.188. The Balaban J connectivity index is 3.01. The molecule has 1 rings (SSSR count). The number of nitrogens with zero attached hydrogens (tertiary/aromatic N) is 1. The van der Waals surface area contributed by atoms with Gasteiger partial charge in [0.05, 0.1) is 5.84 Å².